The first-order valence-electron chi connectivity index (χ1n) is 9.57. The molecule has 2 aromatic heterocycles. The molecule has 144 valence electrons. The normalized spacial score (nSPS) is 13.0. The first-order chi connectivity index (χ1) is 14.1. The number of ether oxygens (including phenoxy) is 1. The van der Waals surface area contributed by atoms with Crippen molar-refractivity contribution >= 4 is 16.7 Å². The first-order valence-corrected chi connectivity index (χ1v) is 9.57. The standard InChI is InChI=1S/C25H22N2O2/c1-18(28)25(2,21-13-15-26-16-14-21)20-8-11-23(12-9-20)29-17-22-10-7-19-5-3-4-6-24(19)27-22/h3-16H,17H2,1-2H3. The lowest BCUT2D eigenvalue weighted by atomic mass is 9.74. The molecule has 0 bridgehead atoms. The molecule has 2 heterocycles. The van der Waals surface area contributed by atoms with Crippen LogP contribution in [0.4, 0.5) is 0 Å². The van der Waals surface area contributed by atoms with E-state index in [9.17, 15) is 4.79 Å². The molecule has 0 aliphatic carbocycles. The van der Waals surface area contributed by atoms with Crippen molar-refractivity contribution in [2.45, 2.75) is 25.9 Å². The van der Waals surface area contributed by atoms with Gasteiger partial charge in [0.1, 0.15) is 18.1 Å². The molecule has 4 rings (SSSR count). The van der Waals surface area contributed by atoms with Crippen molar-refractivity contribution in [3.8, 4) is 5.75 Å². The monoisotopic (exact) mass is 382 g/mol. The number of nitrogens with zero attached hydrogens (tertiary/aromatic N) is 2. The number of hydrogen-bond donors (Lipinski definition) is 0. The number of Topliss-reactive ketones (excluding diaryl/α,β-unsaturated/α-hetero) is 1. The van der Waals surface area contributed by atoms with Gasteiger partial charge in [0.25, 0.3) is 0 Å². The number of carbonyl (C=O) groups excluding carboxylic acids is 1. The second kappa shape index (κ2) is 7.84. The number of para-hydroxylation sites is 1. The first kappa shape index (κ1) is 18.8. The second-order valence-corrected chi connectivity index (χ2v) is 7.23. The molecule has 0 radical (unpaired) electrons. The molecule has 0 aliphatic heterocycles. The summed E-state index contributed by atoms with van der Waals surface area (Å²) in [6.07, 6.45) is 3.43. The highest BCUT2D eigenvalue weighted by atomic mass is 16.5. The number of fused-ring (bicyclic) bond motifs is 1. The van der Waals surface area contributed by atoms with Crippen LogP contribution in [0.5, 0.6) is 5.75 Å². The molecule has 1 atom stereocenters. The Labute approximate surface area is 170 Å². The maximum Gasteiger partial charge on any atom is 0.144 e. The lowest BCUT2D eigenvalue weighted by Gasteiger charge is -2.28. The molecule has 4 nitrogen and oxygen atoms in total. The van der Waals surface area contributed by atoms with Crippen LogP contribution in [0.15, 0.2) is 85.2 Å². The average molecular weight is 382 g/mol. The maximum atomic E-state index is 12.5. The van der Waals surface area contributed by atoms with Crippen molar-refractivity contribution in [2.24, 2.45) is 0 Å². The number of ketones is 1. The van der Waals surface area contributed by atoms with Crippen molar-refractivity contribution in [1.82, 2.24) is 9.97 Å². The minimum atomic E-state index is -0.721. The molecule has 0 amide bonds. The minimum Gasteiger partial charge on any atom is -0.487 e. The Hall–Kier alpha value is -3.53. The summed E-state index contributed by atoms with van der Waals surface area (Å²) in [5, 5.41) is 1.11. The summed E-state index contributed by atoms with van der Waals surface area (Å²) in [5.74, 6) is 0.821. The smallest absolute Gasteiger partial charge is 0.144 e. The van der Waals surface area contributed by atoms with Gasteiger partial charge in [0.2, 0.25) is 0 Å². The molecule has 0 saturated carbocycles. The van der Waals surface area contributed by atoms with E-state index in [1.54, 1.807) is 19.3 Å². The number of carbonyl (C=O) groups is 1. The van der Waals surface area contributed by atoms with E-state index in [2.05, 4.69) is 16.0 Å². The molecule has 1 unspecified atom stereocenters. The number of benzene rings is 2. The molecular weight excluding hydrogens is 360 g/mol. The van der Waals surface area contributed by atoms with Gasteiger partial charge in [0.05, 0.1) is 16.6 Å². The second-order valence-electron chi connectivity index (χ2n) is 7.23. The van der Waals surface area contributed by atoms with E-state index in [0.717, 1.165) is 33.5 Å². The van der Waals surface area contributed by atoms with Gasteiger partial charge >= 0.3 is 0 Å². The Morgan fingerprint density at radius 2 is 1.59 bits per heavy atom. The lowest BCUT2D eigenvalue weighted by molar-refractivity contribution is -0.120. The topological polar surface area (TPSA) is 52.1 Å². The van der Waals surface area contributed by atoms with Crippen molar-refractivity contribution in [3.63, 3.8) is 0 Å². The Kier molecular flexibility index (Phi) is 5.09. The third kappa shape index (κ3) is 3.74. The molecule has 0 N–H and O–H groups in total. The van der Waals surface area contributed by atoms with Crippen LogP contribution in [-0.2, 0) is 16.8 Å². The van der Waals surface area contributed by atoms with Crippen molar-refractivity contribution in [2.75, 3.05) is 0 Å². The largest absolute Gasteiger partial charge is 0.487 e. The fourth-order valence-corrected chi connectivity index (χ4v) is 3.49. The zero-order valence-corrected chi connectivity index (χ0v) is 16.5. The van der Waals surface area contributed by atoms with Gasteiger partial charge in [0.15, 0.2) is 0 Å². The predicted octanol–water partition coefficient (Wildman–Crippen LogP) is 5.10. The summed E-state index contributed by atoms with van der Waals surface area (Å²) in [6, 6.07) is 23.5. The van der Waals surface area contributed by atoms with Gasteiger partial charge in [-0.3, -0.25) is 9.78 Å². The summed E-state index contributed by atoms with van der Waals surface area (Å²) < 4.78 is 5.92. The van der Waals surface area contributed by atoms with E-state index in [4.69, 9.17) is 4.74 Å². The van der Waals surface area contributed by atoms with Crippen LogP contribution in [0, 0.1) is 0 Å². The van der Waals surface area contributed by atoms with Gasteiger partial charge in [-0.25, -0.2) is 4.98 Å². The van der Waals surface area contributed by atoms with Crippen LogP contribution in [0.2, 0.25) is 0 Å². The number of aromatic nitrogens is 2. The van der Waals surface area contributed by atoms with Gasteiger partial charge < -0.3 is 4.74 Å². The highest BCUT2D eigenvalue weighted by molar-refractivity contribution is 5.91. The molecule has 2 aromatic carbocycles. The quantitative estimate of drug-likeness (QED) is 0.465. The minimum absolute atomic E-state index is 0.0812. The number of rotatable bonds is 6. The van der Waals surface area contributed by atoms with Crippen LogP contribution in [0.3, 0.4) is 0 Å². The van der Waals surface area contributed by atoms with Gasteiger partial charge in [-0.15, -0.1) is 0 Å². The Bertz CT molecular complexity index is 1140. The van der Waals surface area contributed by atoms with Crippen LogP contribution in [-0.4, -0.2) is 15.8 Å². The summed E-state index contributed by atoms with van der Waals surface area (Å²) >= 11 is 0. The van der Waals surface area contributed by atoms with Gasteiger partial charge in [-0.05, 0) is 61.4 Å². The van der Waals surface area contributed by atoms with E-state index >= 15 is 0 Å². The molecule has 0 aliphatic rings. The molecule has 0 fully saturated rings. The number of pyridine rings is 2. The summed E-state index contributed by atoms with van der Waals surface area (Å²) in [6.45, 7) is 3.95. The Morgan fingerprint density at radius 3 is 2.31 bits per heavy atom. The van der Waals surface area contributed by atoms with Crippen molar-refractivity contribution < 1.29 is 9.53 Å². The van der Waals surface area contributed by atoms with E-state index in [0.29, 0.717) is 6.61 Å². The number of hydrogen-bond acceptors (Lipinski definition) is 4. The highest BCUT2D eigenvalue weighted by Crippen LogP contribution is 2.33. The Morgan fingerprint density at radius 1 is 0.897 bits per heavy atom. The van der Waals surface area contributed by atoms with Gasteiger partial charge in [-0.1, -0.05) is 36.4 Å². The predicted molar refractivity (Wildman–Crippen MR) is 114 cm³/mol. The van der Waals surface area contributed by atoms with Crippen molar-refractivity contribution in [3.05, 3.63) is 102 Å². The molecule has 29 heavy (non-hydrogen) atoms. The van der Waals surface area contributed by atoms with Crippen LogP contribution >= 0.6 is 0 Å². The molecule has 4 heteroatoms. The van der Waals surface area contributed by atoms with E-state index < -0.39 is 5.41 Å². The van der Waals surface area contributed by atoms with Gasteiger partial charge in [0, 0.05) is 17.8 Å². The van der Waals surface area contributed by atoms with Crippen molar-refractivity contribution in [1.29, 1.82) is 0 Å². The third-order valence-electron chi connectivity index (χ3n) is 5.44. The third-order valence-corrected chi connectivity index (χ3v) is 5.44. The summed E-state index contributed by atoms with van der Waals surface area (Å²) in [7, 11) is 0. The van der Waals surface area contributed by atoms with Crippen LogP contribution in [0.1, 0.15) is 30.7 Å². The van der Waals surface area contributed by atoms with E-state index in [1.807, 2.05) is 73.7 Å². The average Bonchev–Trinajstić information content (AvgIpc) is 2.78. The summed E-state index contributed by atoms with van der Waals surface area (Å²) in [5.41, 5.74) is 2.96. The fraction of sp³-hybridized carbons (Fsp3) is 0.160. The van der Waals surface area contributed by atoms with Crippen LogP contribution in [0.25, 0.3) is 10.9 Å². The fourth-order valence-electron chi connectivity index (χ4n) is 3.49. The maximum absolute atomic E-state index is 12.5. The highest BCUT2D eigenvalue weighted by Gasteiger charge is 2.33. The van der Waals surface area contributed by atoms with Crippen LogP contribution < -0.4 is 4.74 Å². The molecular formula is C25H22N2O2. The Balaban J connectivity index is 1.53. The van der Waals surface area contributed by atoms with E-state index in [-0.39, 0.29) is 5.78 Å². The molecule has 0 saturated heterocycles. The SMILES string of the molecule is CC(=O)C(C)(c1ccncc1)c1ccc(OCc2ccc3ccccc3n2)cc1. The molecule has 0 spiro atoms. The zero-order valence-electron chi connectivity index (χ0n) is 16.5. The molecule has 4 aromatic rings. The van der Waals surface area contributed by atoms with Gasteiger partial charge in [-0.2, -0.15) is 0 Å². The summed E-state index contributed by atoms with van der Waals surface area (Å²) in [4.78, 5) is 21.2. The van der Waals surface area contributed by atoms with E-state index in [1.165, 1.54) is 0 Å². The lowest BCUT2D eigenvalue weighted by Crippen LogP contribution is -2.31. The zero-order chi connectivity index (χ0) is 20.3.